The molecule has 22 heavy (non-hydrogen) atoms. The average molecular weight is 301 g/mol. The van der Waals surface area contributed by atoms with Crippen molar-refractivity contribution in [1.29, 1.82) is 0 Å². The van der Waals surface area contributed by atoms with Crippen LogP contribution in [0.15, 0.2) is 30.5 Å². The van der Waals surface area contributed by atoms with E-state index in [9.17, 15) is 4.79 Å². The number of fused-ring (bicyclic) bond motifs is 1. The number of benzene rings is 1. The Morgan fingerprint density at radius 1 is 1.36 bits per heavy atom. The number of amides is 1. The molecule has 2 aromatic rings. The fourth-order valence-corrected chi connectivity index (χ4v) is 2.75. The van der Waals surface area contributed by atoms with Crippen molar-refractivity contribution in [2.75, 3.05) is 18.4 Å². The van der Waals surface area contributed by atoms with Gasteiger partial charge in [0.05, 0.1) is 0 Å². The van der Waals surface area contributed by atoms with Crippen molar-refractivity contribution in [2.45, 2.75) is 38.8 Å². The fraction of sp³-hybridized carbons (Fsp3) is 0.471. The van der Waals surface area contributed by atoms with Gasteiger partial charge in [-0.1, -0.05) is 0 Å². The SMILES string of the molecule is CC(C)(C)OC(=O)N1CCC(Nc2ccc3[nH]ccc3c2)C1. The molecule has 1 aliphatic heterocycles. The Morgan fingerprint density at radius 2 is 2.18 bits per heavy atom. The smallest absolute Gasteiger partial charge is 0.410 e. The molecule has 1 saturated heterocycles. The van der Waals surface area contributed by atoms with Gasteiger partial charge in [0.25, 0.3) is 0 Å². The third-order valence-corrected chi connectivity index (χ3v) is 3.76. The second kappa shape index (κ2) is 5.55. The second-order valence-corrected chi connectivity index (χ2v) is 6.84. The Balaban J connectivity index is 1.59. The lowest BCUT2D eigenvalue weighted by Gasteiger charge is -2.24. The predicted molar refractivity (Wildman–Crippen MR) is 88.1 cm³/mol. The number of rotatable bonds is 2. The van der Waals surface area contributed by atoms with Crippen LogP contribution in [0.5, 0.6) is 0 Å². The molecule has 1 aromatic carbocycles. The van der Waals surface area contributed by atoms with E-state index in [4.69, 9.17) is 4.74 Å². The number of hydrogen-bond acceptors (Lipinski definition) is 3. The maximum atomic E-state index is 12.1. The zero-order valence-corrected chi connectivity index (χ0v) is 13.3. The van der Waals surface area contributed by atoms with Crippen LogP contribution in [-0.4, -0.2) is 40.7 Å². The van der Waals surface area contributed by atoms with Gasteiger partial charge in [0, 0.05) is 41.9 Å². The van der Waals surface area contributed by atoms with Crippen LogP contribution in [0.3, 0.4) is 0 Å². The van der Waals surface area contributed by atoms with Crippen molar-refractivity contribution in [3.63, 3.8) is 0 Å². The van der Waals surface area contributed by atoms with Crippen molar-refractivity contribution >= 4 is 22.7 Å². The van der Waals surface area contributed by atoms with Crippen LogP contribution in [0.2, 0.25) is 0 Å². The molecule has 0 bridgehead atoms. The van der Waals surface area contributed by atoms with Crippen LogP contribution in [0.25, 0.3) is 10.9 Å². The molecule has 2 N–H and O–H groups in total. The number of carbonyl (C=O) groups is 1. The molecule has 5 heteroatoms. The summed E-state index contributed by atoms with van der Waals surface area (Å²) >= 11 is 0. The van der Waals surface area contributed by atoms with Crippen molar-refractivity contribution in [1.82, 2.24) is 9.88 Å². The van der Waals surface area contributed by atoms with Gasteiger partial charge in [-0.2, -0.15) is 0 Å². The van der Waals surface area contributed by atoms with E-state index in [-0.39, 0.29) is 12.1 Å². The first-order valence-corrected chi connectivity index (χ1v) is 7.72. The molecule has 1 fully saturated rings. The number of aromatic nitrogens is 1. The molecule has 1 aliphatic rings. The third kappa shape index (κ3) is 3.35. The quantitative estimate of drug-likeness (QED) is 0.891. The molecule has 0 saturated carbocycles. The molecule has 5 nitrogen and oxygen atoms in total. The molecule has 1 unspecified atom stereocenters. The van der Waals surface area contributed by atoms with Gasteiger partial charge in [0.15, 0.2) is 0 Å². The van der Waals surface area contributed by atoms with Gasteiger partial charge < -0.3 is 19.9 Å². The predicted octanol–water partition coefficient (Wildman–Crippen LogP) is 3.59. The first-order valence-electron chi connectivity index (χ1n) is 7.72. The molecule has 0 radical (unpaired) electrons. The van der Waals surface area contributed by atoms with E-state index in [1.807, 2.05) is 27.0 Å². The largest absolute Gasteiger partial charge is 0.444 e. The van der Waals surface area contributed by atoms with Crippen LogP contribution in [0.4, 0.5) is 10.5 Å². The van der Waals surface area contributed by atoms with E-state index >= 15 is 0 Å². The molecular weight excluding hydrogens is 278 g/mol. The van der Waals surface area contributed by atoms with Gasteiger partial charge >= 0.3 is 6.09 Å². The minimum atomic E-state index is -0.443. The van der Waals surface area contributed by atoms with E-state index in [1.54, 1.807) is 4.90 Å². The molecule has 118 valence electrons. The first kappa shape index (κ1) is 14.8. The van der Waals surface area contributed by atoms with Crippen molar-refractivity contribution in [2.24, 2.45) is 0 Å². The van der Waals surface area contributed by atoms with Crippen LogP contribution in [0, 0.1) is 0 Å². The number of nitrogens with zero attached hydrogens (tertiary/aromatic N) is 1. The number of ether oxygens (including phenoxy) is 1. The summed E-state index contributed by atoms with van der Waals surface area (Å²) in [6.45, 7) is 7.09. The number of nitrogens with one attached hydrogen (secondary N) is 2. The standard InChI is InChI=1S/C17H23N3O2/c1-17(2,3)22-16(21)20-9-7-14(11-20)19-13-4-5-15-12(10-13)6-8-18-15/h4-6,8,10,14,18-19H,7,9,11H2,1-3H3. The highest BCUT2D eigenvalue weighted by molar-refractivity contribution is 5.83. The van der Waals surface area contributed by atoms with Gasteiger partial charge in [-0.15, -0.1) is 0 Å². The van der Waals surface area contributed by atoms with Crippen molar-refractivity contribution in [3.05, 3.63) is 30.5 Å². The van der Waals surface area contributed by atoms with Gasteiger partial charge in [0.2, 0.25) is 0 Å². The minimum absolute atomic E-state index is 0.224. The highest BCUT2D eigenvalue weighted by Gasteiger charge is 2.29. The highest BCUT2D eigenvalue weighted by atomic mass is 16.6. The average Bonchev–Trinajstić information content (AvgIpc) is 3.04. The van der Waals surface area contributed by atoms with Gasteiger partial charge in [-0.25, -0.2) is 4.79 Å². The van der Waals surface area contributed by atoms with E-state index < -0.39 is 5.60 Å². The topological polar surface area (TPSA) is 57.4 Å². The molecular formula is C17H23N3O2. The molecule has 1 aromatic heterocycles. The lowest BCUT2D eigenvalue weighted by atomic mass is 10.2. The Bertz CT molecular complexity index is 672. The Hall–Kier alpha value is -2.17. The number of aromatic amines is 1. The van der Waals surface area contributed by atoms with Crippen LogP contribution < -0.4 is 5.32 Å². The lowest BCUT2D eigenvalue weighted by molar-refractivity contribution is 0.0293. The first-order chi connectivity index (χ1) is 10.4. The summed E-state index contributed by atoms with van der Waals surface area (Å²) in [5.74, 6) is 0. The third-order valence-electron chi connectivity index (χ3n) is 3.76. The summed E-state index contributed by atoms with van der Waals surface area (Å²) in [5, 5.41) is 4.69. The minimum Gasteiger partial charge on any atom is -0.444 e. The van der Waals surface area contributed by atoms with Gasteiger partial charge in [-0.3, -0.25) is 0 Å². The van der Waals surface area contributed by atoms with E-state index in [2.05, 4.69) is 34.6 Å². The fourth-order valence-electron chi connectivity index (χ4n) is 2.75. The van der Waals surface area contributed by atoms with E-state index in [1.165, 1.54) is 5.39 Å². The number of hydrogen-bond donors (Lipinski definition) is 2. The summed E-state index contributed by atoms with van der Waals surface area (Å²) in [4.78, 5) is 17.0. The maximum Gasteiger partial charge on any atom is 0.410 e. The van der Waals surface area contributed by atoms with Gasteiger partial charge in [-0.05, 0) is 51.5 Å². The molecule has 0 aliphatic carbocycles. The Morgan fingerprint density at radius 3 is 2.95 bits per heavy atom. The second-order valence-electron chi connectivity index (χ2n) is 6.84. The zero-order valence-electron chi connectivity index (χ0n) is 13.3. The summed E-state index contributed by atoms with van der Waals surface area (Å²) < 4.78 is 5.42. The van der Waals surface area contributed by atoms with Crippen molar-refractivity contribution in [3.8, 4) is 0 Å². The monoisotopic (exact) mass is 301 g/mol. The summed E-state index contributed by atoms with van der Waals surface area (Å²) in [7, 11) is 0. The molecule has 3 rings (SSSR count). The zero-order chi connectivity index (χ0) is 15.7. The molecule has 2 heterocycles. The van der Waals surface area contributed by atoms with Crippen LogP contribution >= 0.6 is 0 Å². The summed E-state index contributed by atoms with van der Waals surface area (Å²) in [6.07, 6.45) is 2.65. The maximum absolute atomic E-state index is 12.1. The number of carbonyl (C=O) groups excluding carboxylic acids is 1. The number of likely N-dealkylation sites (tertiary alicyclic amines) is 1. The molecule has 0 spiro atoms. The van der Waals surface area contributed by atoms with Gasteiger partial charge in [0.1, 0.15) is 5.60 Å². The highest BCUT2D eigenvalue weighted by Crippen LogP contribution is 2.22. The summed E-state index contributed by atoms with van der Waals surface area (Å²) in [5.41, 5.74) is 1.78. The Kier molecular flexibility index (Phi) is 3.72. The molecule has 1 amide bonds. The normalized spacial score (nSPS) is 18.7. The summed E-state index contributed by atoms with van der Waals surface area (Å²) in [6, 6.07) is 8.58. The molecule has 1 atom stereocenters. The van der Waals surface area contributed by atoms with Crippen molar-refractivity contribution < 1.29 is 9.53 Å². The Labute approximate surface area is 130 Å². The number of H-pyrrole nitrogens is 1. The van der Waals surface area contributed by atoms with E-state index in [0.29, 0.717) is 6.54 Å². The van der Waals surface area contributed by atoms with Crippen LogP contribution in [-0.2, 0) is 4.74 Å². The van der Waals surface area contributed by atoms with E-state index in [0.717, 1.165) is 24.2 Å². The lowest BCUT2D eigenvalue weighted by Crippen LogP contribution is -2.36. The number of anilines is 1. The van der Waals surface area contributed by atoms with Crippen LogP contribution in [0.1, 0.15) is 27.2 Å².